The van der Waals surface area contributed by atoms with Crippen LogP contribution in [0.15, 0.2) is 12.1 Å². The normalized spacial score (nSPS) is 10.9. The largest absolute Gasteiger partial charge is 0.398 e. The second-order valence-electron chi connectivity index (χ2n) is 4.24. The molecule has 0 bridgehead atoms. The van der Waals surface area contributed by atoms with E-state index in [-0.39, 0.29) is 0 Å². The maximum absolute atomic E-state index is 6.07. The van der Waals surface area contributed by atoms with E-state index in [4.69, 9.17) is 17.3 Å². The van der Waals surface area contributed by atoms with Crippen molar-refractivity contribution in [3.05, 3.63) is 22.7 Å². The summed E-state index contributed by atoms with van der Waals surface area (Å²) in [6.45, 7) is 6.48. The van der Waals surface area contributed by atoms with Crippen molar-refractivity contribution in [3.8, 4) is 0 Å². The van der Waals surface area contributed by atoms with Gasteiger partial charge in [-0.05, 0) is 37.5 Å². The van der Waals surface area contributed by atoms with Crippen molar-refractivity contribution in [2.75, 3.05) is 17.7 Å². The lowest BCUT2D eigenvalue weighted by Gasteiger charge is -2.30. The summed E-state index contributed by atoms with van der Waals surface area (Å²) in [7, 11) is 2.12. The Labute approximate surface area is 103 Å². The van der Waals surface area contributed by atoms with Gasteiger partial charge in [-0.1, -0.05) is 25.4 Å². The van der Waals surface area contributed by atoms with E-state index in [1.807, 2.05) is 12.1 Å². The molecule has 1 aromatic carbocycles. The van der Waals surface area contributed by atoms with Gasteiger partial charge in [0.25, 0.3) is 0 Å². The smallest absolute Gasteiger partial charge is 0.0656 e. The average molecular weight is 241 g/mol. The molecule has 90 valence electrons. The van der Waals surface area contributed by atoms with Crippen molar-refractivity contribution >= 4 is 23.0 Å². The molecule has 0 aliphatic carbocycles. The highest BCUT2D eigenvalue weighted by Gasteiger charge is 2.14. The van der Waals surface area contributed by atoms with E-state index in [0.29, 0.717) is 16.8 Å². The zero-order valence-corrected chi connectivity index (χ0v) is 11.3. The van der Waals surface area contributed by atoms with Gasteiger partial charge in [0.2, 0.25) is 0 Å². The second kappa shape index (κ2) is 5.44. The number of nitrogens with zero attached hydrogens (tertiary/aromatic N) is 1. The molecule has 0 fully saturated rings. The van der Waals surface area contributed by atoms with Crippen molar-refractivity contribution in [3.63, 3.8) is 0 Å². The lowest BCUT2D eigenvalue weighted by atomic mass is 10.1. The van der Waals surface area contributed by atoms with E-state index in [9.17, 15) is 0 Å². The number of nitrogen functional groups attached to an aromatic ring is 1. The molecular weight excluding hydrogens is 220 g/mol. The van der Waals surface area contributed by atoms with E-state index in [0.717, 1.165) is 12.8 Å². The molecule has 0 amide bonds. The fraction of sp³-hybridized carbons (Fsp3) is 0.538. The van der Waals surface area contributed by atoms with E-state index in [2.05, 4.69) is 32.7 Å². The standard InChI is InChI=1S/C13H21ClN2/c1-5-10(6-2)16(4)13-8-11(14)12(15)7-9(13)3/h7-8,10H,5-6,15H2,1-4H3. The Morgan fingerprint density at radius 3 is 2.38 bits per heavy atom. The first-order chi connectivity index (χ1) is 7.51. The van der Waals surface area contributed by atoms with Gasteiger partial charge in [0.05, 0.1) is 10.7 Å². The SMILES string of the molecule is CCC(CC)N(C)c1cc(Cl)c(N)cc1C. The molecule has 2 nitrogen and oxygen atoms in total. The summed E-state index contributed by atoms with van der Waals surface area (Å²) >= 11 is 6.07. The summed E-state index contributed by atoms with van der Waals surface area (Å²) in [5, 5.41) is 0.637. The van der Waals surface area contributed by atoms with Gasteiger partial charge in [-0.15, -0.1) is 0 Å². The Kier molecular flexibility index (Phi) is 4.48. The maximum Gasteiger partial charge on any atom is 0.0656 e. The van der Waals surface area contributed by atoms with E-state index in [1.54, 1.807) is 0 Å². The van der Waals surface area contributed by atoms with E-state index >= 15 is 0 Å². The molecule has 1 aromatic rings. The summed E-state index contributed by atoms with van der Waals surface area (Å²) in [6, 6.07) is 4.46. The fourth-order valence-electron chi connectivity index (χ4n) is 2.11. The predicted molar refractivity (Wildman–Crippen MR) is 73.4 cm³/mol. The monoisotopic (exact) mass is 240 g/mol. The van der Waals surface area contributed by atoms with Gasteiger partial charge in [-0.3, -0.25) is 0 Å². The van der Waals surface area contributed by atoms with Gasteiger partial charge in [0.1, 0.15) is 0 Å². The minimum atomic E-state index is 0.554. The van der Waals surface area contributed by atoms with Crippen LogP contribution in [0.25, 0.3) is 0 Å². The number of anilines is 2. The zero-order valence-electron chi connectivity index (χ0n) is 10.5. The van der Waals surface area contributed by atoms with Crippen molar-refractivity contribution < 1.29 is 0 Å². The minimum absolute atomic E-state index is 0.554. The molecule has 0 spiro atoms. The summed E-state index contributed by atoms with van der Waals surface area (Å²) in [4.78, 5) is 2.29. The molecule has 3 heteroatoms. The van der Waals surface area contributed by atoms with Crippen LogP contribution in [0.1, 0.15) is 32.3 Å². The third-order valence-electron chi connectivity index (χ3n) is 3.19. The first-order valence-corrected chi connectivity index (χ1v) is 6.17. The fourth-order valence-corrected chi connectivity index (χ4v) is 2.26. The van der Waals surface area contributed by atoms with Crippen molar-refractivity contribution in [2.24, 2.45) is 0 Å². The lowest BCUT2D eigenvalue weighted by Crippen LogP contribution is -2.30. The van der Waals surface area contributed by atoms with Crippen molar-refractivity contribution in [1.82, 2.24) is 0 Å². The molecule has 0 aromatic heterocycles. The lowest BCUT2D eigenvalue weighted by molar-refractivity contribution is 0.591. The molecule has 2 N–H and O–H groups in total. The molecule has 0 aliphatic rings. The number of halogens is 1. The number of hydrogen-bond donors (Lipinski definition) is 1. The van der Waals surface area contributed by atoms with Gasteiger partial charge in [0.15, 0.2) is 0 Å². The Morgan fingerprint density at radius 1 is 1.31 bits per heavy atom. The third-order valence-corrected chi connectivity index (χ3v) is 3.51. The van der Waals surface area contributed by atoms with Crippen LogP contribution in [-0.2, 0) is 0 Å². The molecular formula is C13H21ClN2. The molecule has 0 heterocycles. The number of aryl methyl sites for hydroxylation is 1. The van der Waals surface area contributed by atoms with Crippen LogP contribution in [0, 0.1) is 6.92 Å². The highest BCUT2D eigenvalue weighted by molar-refractivity contribution is 6.33. The van der Waals surface area contributed by atoms with Crippen molar-refractivity contribution in [2.45, 2.75) is 39.7 Å². The molecule has 0 saturated heterocycles. The number of benzene rings is 1. The zero-order chi connectivity index (χ0) is 12.3. The van der Waals surface area contributed by atoms with Crippen LogP contribution in [0.5, 0.6) is 0 Å². The first-order valence-electron chi connectivity index (χ1n) is 5.79. The summed E-state index contributed by atoms with van der Waals surface area (Å²) in [5.74, 6) is 0. The van der Waals surface area contributed by atoms with Crippen LogP contribution < -0.4 is 10.6 Å². The first kappa shape index (κ1) is 13.2. The summed E-state index contributed by atoms with van der Waals surface area (Å²) < 4.78 is 0. The molecule has 16 heavy (non-hydrogen) atoms. The van der Waals surface area contributed by atoms with Crippen LogP contribution in [-0.4, -0.2) is 13.1 Å². The van der Waals surface area contributed by atoms with Gasteiger partial charge in [-0.2, -0.15) is 0 Å². The number of nitrogens with two attached hydrogens (primary N) is 1. The third kappa shape index (κ3) is 2.62. The molecule has 1 rings (SSSR count). The van der Waals surface area contributed by atoms with Crippen LogP contribution in [0.4, 0.5) is 11.4 Å². The Morgan fingerprint density at radius 2 is 1.88 bits per heavy atom. The molecule has 0 aliphatic heterocycles. The minimum Gasteiger partial charge on any atom is -0.398 e. The average Bonchev–Trinajstić information content (AvgIpc) is 2.25. The molecule has 0 saturated carbocycles. The van der Waals surface area contributed by atoms with Gasteiger partial charge < -0.3 is 10.6 Å². The number of rotatable bonds is 4. The van der Waals surface area contributed by atoms with Gasteiger partial charge in [0, 0.05) is 18.8 Å². The molecule has 0 atom stereocenters. The topological polar surface area (TPSA) is 29.3 Å². The Hall–Kier alpha value is -0.890. The predicted octanol–water partition coefficient (Wildman–Crippen LogP) is 3.86. The molecule has 0 radical (unpaired) electrons. The number of hydrogen-bond acceptors (Lipinski definition) is 2. The summed E-state index contributed by atoms with van der Waals surface area (Å²) in [6.07, 6.45) is 2.27. The Bertz CT molecular complexity index is 359. The van der Waals surface area contributed by atoms with Crippen LogP contribution >= 0.6 is 11.6 Å². The van der Waals surface area contributed by atoms with Crippen molar-refractivity contribution in [1.29, 1.82) is 0 Å². The van der Waals surface area contributed by atoms with Crippen LogP contribution in [0.3, 0.4) is 0 Å². The second-order valence-corrected chi connectivity index (χ2v) is 4.65. The highest BCUT2D eigenvalue weighted by atomic mass is 35.5. The van der Waals surface area contributed by atoms with E-state index < -0.39 is 0 Å². The maximum atomic E-state index is 6.07. The van der Waals surface area contributed by atoms with E-state index in [1.165, 1.54) is 11.3 Å². The van der Waals surface area contributed by atoms with Gasteiger partial charge >= 0.3 is 0 Å². The highest BCUT2D eigenvalue weighted by Crippen LogP contribution is 2.30. The summed E-state index contributed by atoms with van der Waals surface area (Å²) in [5.41, 5.74) is 8.79. The quantitative estimate of drug-likeness (QED) is 0.810. The Balaban J connectivity index is 3.07. The van der Waals surface area contributed by atoms with Crippen LogP contribution in [0.2, 0.25) is 5.02 Å². The van der Waals surface area contributed by atoms with Gasteiger partial charge in [-0.25, -0.2) is 0 Å². The molecule has 0 unspecified atom stereocenters.